The van der Waals surface area contributed by atoms with E-state index in [0.717, 1.165) is 39.5 Å². The lowest BCUT2D eigenvalue weighted by atomic mass is 10.0. The first-order valence-corrected chi connectivity index (χ1v) is 7.07. The molecule has 2 unspecified atom stereocenters. The van der Waals surface area contributed by atoms with E-state index < -0.39 is 6.16 Å². The minimum atomic E-state index is -1.83. The number of nitrogens with two attached hydrogens (primary N) is 2. The molecule has 120 valence electrons. The topological polar surface area (TPSA) is 128 Å². The Bertz CT molecular complexity index is 207. The maximum Gasteiger partial charge on any atom is 0.503 e. The second-order valence-corrected chi connectivity index (χ2v) is 4.92. The summed E-state index contributed by atoms with van der Waals surface area (Å²) < 4.78 is 10.4. The summed E-state index contributed by atoms with van der Waals surface area (Å²) >= 11 is 0. The summed E-state index contributed by atoms with van der Waals surface area (Å²) in [4.78, 5) is 8.56. The average molecular weight is 292 g/mol. The van der Waals surface area contributed by atoms with E-state index >= 15 is 0 Å². The van der Waals surface area contributed by atoms with Crippen LogP contribution in [-0.4, -0.2) is 55.9 Å². The summed E-state index contributed by atoms with van der Waals surface area (Å²) in [7, 11) is 0. The molecular weight excluding hydrogens is 264 g/mol. The van der Waals surface area contributed by atoms with Crippen molar-refractivity contribution in [3.05, 3.63) is 0 Å². The summed E-state index contributed by atoms with van der Waals surface area (Å²) in [6.45, 7) is 5.24. The van der Waals surface area contributed by atoms with Crippen LogP contribution < -0.4 is 11.5 Å². The molecule has 0 aromatic heterocycles. The van der Waals surface area contributed by atoms with Gasteiger partial charge in [0.25, 0.3) is 0 Å². The normalized spacial score (nSPS) is 25.5. The smallest absolute Gasteiger partial charge is 0.450 e. The van der Waals surface area contributed by atoms with E-state index in [-0.39, 0.29) is 0 Å². The number of hydrogen-bond donors (Lipinski definition) is 4. The van der Waals surface area contributed by atoms with Crippen molar-refractivity contribution in [3.63, 3.8) is 0 Å². The molecule has 7 heteroatoms. The molecule has 0 spiro atoms. The van der Waals surface area contributed by atoms with Crippen LogP contribution in [0.2, 0.25) is 0 Å². The zero-order valence-corrected chi connectivity index (χ0v) is 12.0. The molecule has 7 nitrogen and oxygen atoms in total. The molecule has 0 aromatic rings. The third-order valence-corrected chi connectivity index (χ3v) is 3.18. The number of hydrogen-bond acceptors (Lipinski definition) is 5. The van der Waals surface area contributed by atoms with Crippen LogP contribution >= 0.6 is 0 Å². The van der Waals surface area contributed by atoms with Gasteiger partial charge in [0.05, 0.1) is 13.2 Å². The second kappa shape index (κ2) is 13.1. The molecule has 0 saturated carbocycles. The van der Waals surface area contributed by atoms with Gasteiger partial charge in [-0.1, -0.05) is 0 Å². The maximum atomic E-state index is 8.56. The first-order valence-electron chi connectivity index (χ1n) is 7.07. The molecule has 2 rings (SSSR count). The first kappa shape index (κ1) is 19.1. The van der Waals surface area contributed by atoms with Crippen molar-refractivity contribution in [3.8, 4) is 0 Å². The highest BCUT2D eigenvalue weighted by molar-refractivity contribution is 5.53. The summed E-state index contributed by atoms with van der Waals surface area (Å²) in [6.07, 6.45) is 3.08. The van der Waals surface area contributed by atoms with E-state index in [1.165, 1.54) is 25.7 Å². The highest BCUT2D eigenvalue weighted by Crippen LogP contribution is 2.11. The van der Waals surface area contributed by atoms with Crippen molar-refractivity contribution in [2.45, 2.75) is 25.7 Å². The standard InChI is InChI=1S/2C6H13NO.CH2O3/c2*7-4-6-2-1-3-8-5-6;2-1(3)4/h2*6H,1-5,7H2;(H2,2,3,4). The Morgan fingerprint density at radius 3 is 1.45 bits per heavy atom. The molecule has 2 atom stereocenters. The molecule has 0 amide bonds. The van der Waals surface area contributed by atoms with Gasteiger partial charge in [0.2, 0.25) is 0 Å². The zero-order chi connectivity index (χ0) is 15.2. The molecule has 2 aliphatic rings. The summed E-state index contributed by atoms with van der Waals surface area (Å²) in [6, 6.07) is 0. The van der Waals surface area contributed by atoms with E-state index in [1.54, 1.807) is 0 Å². The largest absolute Gasteiger partial charge is 0.503 e. The van der Waals surface area contributed by atoms with Gasteiger partial charge in [-0.25, -0.2) is 4.79 Å². The lowest BCUT2D eigenvalue weighted by Crippen LogP contribution is -2.24. The summed E-state index contributed by atoms with van der Waals surface area (Å²) in [5.41, 5.74) is 10.8. The Labute approximate surface area is 120 Å². The van der Waals surface area contributed by atoms with Crippen molar-refractivity contribution in [1.82, 2.24) is 0 Å². The van der Waals surface area contributed by atoms with Crippen molar-refractivity contribution in [2.75, 3.05) is 39.5 Å². The van der Waals surface area contributed by atoms with E-state index in [4.69, 9.17) is 35.9 Å². The lowest BCUT2D eigenvalue weighted by Gasteiger charge is -2.19. The number of carbonyl (C=O) groups is 1. The second-order valence-electron chi connectivity index (χ2n) is 4.92. The monoisotopic (exact) mass is 292 g/mol. The van der Waals surface area contributed by atoms with Gasteiger partial charge in [0.1, 0.15) is 0 Å². The minimum absolute atomic E-state index is 0.642. The van der Waals surface area contributed by atoms with Gasteiger partial charge >= 0.3 is 6.16 Å². The van der Waals surface area contributed by atoms with Gasteiger partial charge in [0, 0.05) is 13.2 Å². The van der Waals surface area contributed by atoms with Gasteiger partial charge in [0.15, 0.2) is 0 Å². The molecule has 2 aliphatic heterocycles. The molecule has 0 aromatic carbocycles. The third-order valence-electron chi connectivity index (χ3n) is 3.18. The first-order chi connectivity index (χ1) is 9.60. The van der Waals surface area contributed by atoms with E-state index in [9.17, 15) is 0 Å². The van der Waals surface area contributed by atoms with Crippen LogP contribution in [0.5, 0.6) is 0 Å². The van der Waals surface area contributed by atoms with Gasteiger partial charge < -0.3 is 31.2 Å². The molecular formula is C13H28N2O5. The predicted octanol–water partition coefficient (Wildman–Crippen LogP) is 0.966. The quantitative estimate of drug-likeness (QED) is 0.597. The van der Waals surface area contributed by atoms with Crippen molar-refractivity contribution in [2.24, 2.45) is 23.3 Å². The zero-order valence-electron chi connectivity index (χ0n) is 12.0. The Morgan fingerprint density at radius 2 is 1.30 bits per heavy atom. The highest BCUT2D eigenvalue weighted by atomic mass is 16.6. The van der Waals surface area contributed by atoms with Crippen LogP contribution in [0.25, 0.3) is 0 Å². The fraction of sp³-hybridized carbons (Fsp3) is 0.923. The lowest BCUT2D eigenvalue weighted by molar-refractivity contribution is 0.0580. The van der Waals surface area contributed by atoms with Gasteiger partial charge in [-0.2, -0.15) is 0 Å². The molecule has 0 aliphatic carbocycles. The van der Waals surface area contributed by atoms with Crippen molar-refractivity contribution >= 4 is 6.16 Å². The highest BCUT2D eigenvalue weighted by Gasteiger charge is 2.11. The Hall–Kier alpha value is -0.890. The van der Waals surface area contributed by atoms with Gasteiger partial charge in [-0.3, -0.25) is 0 Å². The molecule has 2 heterocycles. The van der Waals surface area contributed by atoms with Crippen LogP contribution in [0, 0.1) is 11.8 Å². The molecule has 20 heavy (non-hydrogen) atoms. The predicted molar refractivity (Wildman–Crippen MR) is 75.8 cm³/mol. The minimum Gasteiger partial charge on any atom is -0.450 e. The van der Waals surface area contributed by atoms with Gasteiger partial charge in [-0.05, 0) is 50.6 Å². The fourth-order valence-electron chi connectivity index (χ4n) is 1.99. The SMILES string of the molecule is NCC1CCCOC1.NCC1CCCOC1.O=C(O)O. The molecule has 6 N–H and O–H groups in total. The molecule has 0 bridgehead atoms. The molecule has 2 saturated heterocycles. The number of rotatable bonds is 2. The molecule has 2 fully saturated rings. The number of ether oxygens (including phenoxy) is 2. The van der Waals surface area contributed by atoms with E-state index in [1.807, 2.05) is 0 Å². The Morgan fingerprint density at radius 1 is 0.950 bits per heavy atom. The van der Waals surface area contributed by atoms with Gasteiger partial charge in [-0.15, -0.1) is 0 Å². The average Bonchev–Trinajstić information content (AvgIpc) is 2.49. The van der Waals surface area contributed by atoms with E-state index in [0.29, 0.717) is 11.8 Å². The van der Waals surface area contributed by atoms with Crippen molar-refractivity contribution in [1.29, 1.82) is 0 Å². The van der Waals surface area contributed by atoms with Crippen LogP contribution in [0.3, 0.4) is 0 Å². The Kier molecular flexibility index (Phi) is 12.5. The molecule has 0 radical (unpaired) electrons. The Balaban J connectivity index is 0.000000289. The third kappa shape index (κ3) is 12.2. The maximum absolute atomic E-state index is 8.56. The van der Waals surface area contributed by atoms with Crippen LogP contribution in [0.15, 0.2) is 0 Å². The van der Waals surface area contributed by atoms with E-state index in [2.05, 4.69) is 0 Å². The number of carboxylic acid groups (broad SMARTS) is 2. The summed E-state index contributed by atoms with van der Waals surface area (Å²) in [5.74, 6) is 1.28. The van der Waals surface area contributed by atoms with Crippen LogP contribution in [0.4, 0.5) is 4.79 Å². The van der Waals surface area contributed by atoms with Crippen LogP contribution in [-0.2, 0) is 9.47 Å². The van der Waals surface area contributed by atoms with Crippen LogP contribution in [0.1, 0.15) is 25.7 Å². The fourth-order valence-corrected chi connectivity index (χ4v) is 1.99. The van der Waals surface area contributed by atoms with Crippen molar-refractivity contribution < 1.29 is 24.5 Å². The summed E-state index contributed by atoms with van der Waals surface area (Å²) in [5, 5.41) is 13.9.